The van der Waals surface area contributed by atoms with Gasteiger partial charge in [0.2, 0.25) is 10.0 Å². The maximum Gasteiger partial charge on any atom is 0.289 e. The summed E-state index contributed by atoms with van der Waals surface area (Å²) in [6.45, 7) is 5.79. The van der Waals surface area contributed by atoms with Crippen LogP contribution in [0.25, 0.3) is 0 Å². The molecule has 29 heavy (non-hydrogen) atoms. The van der Waals surface area contributed by atoms with Gasteiger partial charge in [-0.3, -0.25) is 9.79 Å². The Kier molecular flexibility index (Phi) is 7.54. The lowest BCUT2D eigenvalue weighted by atomic mass is 9.86. The zero-order chi connectivity index (χ0) is 20.7. The molecule has 1 saturated carbocycles. The molecule has 1 aliphatic carbocycles. The van der Waals surface area contributed by atoms with Gasteiger partial charge in [0.1, 0.15) is 0 Å². The molecule has 10 heteroatoms. The van der Waals surface area contributed by atoms with Gasteiger partial charge in [0, 0.05) is 39.3 Å². The standard InChI is InChI=1S/C19H31N5O4S/c1-2-20-19(21-8-14-29(26,27)22-15-16-5-3-6-16)24-11-9-23(10-12-24)18(25)17-7-4-13-28-17/h4,7,13,16,22H,2-3,5-6,8-12,14-15H2,1H3,(H,20,21). The van der Waals surface area contributed by atoms with Gasteiger partial charge in [-0.15, -0.1) is 0 Å². The van der Waals surface area contributed by atoms with Crippen molar-refractivity contribution in [3.05, 3.63) is 24.2 Å². The molecule has 1 aromatic rings. The van der Waals surface area contributed by atoms with Crippen LogP contribution in [0.2, 0.25) is 0 Å². The molecule has 0 spiro atoms. The van der Waals surface area contributed by atoms with Crippen molar-refractivity contribution in [3.63, 3.8) is 0 Å². The van der Waals surface area contributed by atoms with Gasteiger partial charge in [0.15, 0.2) is 11.7 Å². The number of aliphatic imine (C=N–C) groups is 1. The molecule has 1 aromatic heterocycles. The predicted molar refractivity (Wildman–Crippen MR) is 111 cm³/mol. The summed E-state index contributed by atoms with van der Waals surface area (Å²) in [5.41, 5.74) is 0. The summed E-state index contributed by atoms with van der Waals surface area (Å²) in [7, 11) is -3.31. The van der Waals surface area contributed by atoms with Crippen molar-refractivity contribution in [2.24, 2.45) is 10.9 Å². The van der Waals surface area contributed by atoms with Gasteiger partial charge in [-0.25, -0.2) is 13.1 Å². The van der Waals surface area contributed by atoms with Crippen LogP contribution in [-0.4, -0.2) is 81.7 Å². The highest BCUT2D eigenvalue weighted by Crippen LogP contribution is 2.25. The van der Waals surface area contributed by atoms with E-state index in [9.17, 15) is 13.2 Å². The fourth-order valence-electron chi connectivity index (χ4n) is 3.39. The Morgan fingerprint density at radius 3 is 2.55 bits per heavy atom. The lowest BCUT2D eigenvalue weighted by Gasteiger charge is -2.36. The molecule has 0 bridgehead atoms. The number of sulfonamides is 1. The smallest absolute Gasteiger partial charge is 0.289 e. The number of hydrogen-bond acceptors (Lipinski definition) is 5. The average molecular weight is 426 g/mol. The van der Waals surface area contributed by atoms with Crippen LogP contribution in [0.15, 0.2) is 27.8 Å². The van der Waals surface area contributed by atoms with Crippen molar-refractivity contribution in [3.8, 4) is 0 Å². The average Bonchev–Trinajstić information content (AvgIpc) is 3.20. The molecule has 2 heterocycles. The van der Waals surface area contributed by atoms with Crippen LogP contribution < -0.4 is 10.0 Å². The molecule has 2 N–H and O–H groups in total. The predicted octanol–water partition coefficient (Wildman–Crippen LogP) is 0.722. The normalized spacial score (nSPS) is 18.6. The Bertz CT molecular complexity index is 782. The molecule has 0 unspecified atom stereocenters. The van der Waals surface area contributed by atoms with Gasteiger partial charge < -0.3 is 19.5 Å². The van der Waals surface area contributed by atoms with Crippen molar-refractivity contribution >= 4 is 21.9 Å². The third-order valence-corrected chi connectivity index (χ3v) is 6.70. The highest BCUT2D eigenvalue weighted by Gasteiger charge is 2.25. The van der Waals surface area contributed by atoms with E-state index in [1.165, 1.54) is 12.7 Å². The molecule has 1 amide bonds. The number of nitrogens with one attached hydrogen (secondary N) is 2. The van der Waals surface area contributed by atoms with E-state index in [-0.39, 0.29) is 18.2 Å². The number of piperazine rings is 1. The first-order chi connectivity index (χ1) is 14.0. The van der Waals surface area contributed by atoms with Crippen molar-refractivity contribution in [2.45, 2.75) is 26.2 Å². The van der Waals surface area contributed by atoms with E-state index >= 15 is 0 Å². The lowest BCUT2D eigenvalue weighted by Crippen LogP contribution is -2.53. The maximum absolute atomic E-state index is 12.4. The summed E-state index contributed by atoms with van der Waals surface area (Å²) in [5, 5.41) is 3.22. The molecule has 2 fully saturated rings. The second kappa shape index (κ2) is 10.1. The fourth-order valence-corrected chi connectivity index (χ4v) is 4.35. The molecular weight excluding hydrogens is 394 g/mol. The Hall–Kier alpha value is -2.07. The topological polar surface area (TPSA) is 107 Å². The van der Waals surface area contributed by atoms with Gasteiger partial charge in [-0.05, 0) is 37.8 Å². The zero-order valence-electron chi connectivity index (χ0n) is 17.0. The fraction of sp³-hybridized carbons (Fsp3) is 0.684. The Morgan fingerprint density at radius 1 is 1.24 bits per heavy atom. The van der Waals surface area contributed by atoms with E-state index in [1.54, 1.807) is 17.0 Å². The maximum atomic E-state index is 12.4. The summed E-state index contributed by atoms with van der Waals surface area (Å²) < 4.78 is 32.2. The van der Waals surface area contributed by atoms with E-state index in [4.69, 9.17) is 4.42 Å². The molecular formula is C19H31N5O4S. The van der Waals surface area contributed by atoms with Crippen molar-refractivity contribution in [2.75, 3.05) is 51.6 Å². The molecule has 0 aromatic carbocycles. The Balaban J connectivity index is 1.48. The lowest BCUT2D eigenvalue weighted by molar-refractivity contribution is 0.0657. The van der Waals surface area contributed by atoms with Crippen LogP contribution in [0.3, 0.4) is 0 Å². The summed E-state index contributed by atoms with van der Waals surface area (Å²) in [6, 6.07) is 3.37. The van der Waals surface area contributed by atoms with E-state index < -0.39 is 10.0 Å². The minimum Gasteiger partial charge on any atom is -0.459 e. The molecule has 2 aliphatic rings. The van der Waals surface area contributed by atoms with Crippen molar-refractivity contribution in [1.29, 1.82) is 0 Å². The quantitative estimate of drug-likeness (QED) is 0.470. The van der Waals surface area contributed by atoms with E-state index in [1.807, 2.05) is 6.92 Å². The molecule has 9 nitrogen and oxygen atoms in total. The minimum atomic E-state index is -3.31. The second-order valence-electron chi connectivity index (χ2n) is 7.46. The molecule has 3 rings (SSSR count). The number of guanidine groups is 1. The summed E-state index contributed by atoms with van der Waals surface area (Å²) in [6.07, 6.45) is 4.91. The van der Waals surface area contributed by atoms with Crippen molar-refractivity contribution in [1.82, 2.24) is 19.8 Å². The van der Waals surface area contributed by atoms with Crippen molar-refractivity contribution < 1.29 is 17.6 Å². The number of furan rings is 1. The first kappa shape index (κ1) is 21.6. The summed E-state index contributed by atoms with van der Waals surface area (Å²) >= 11 is 0. The van der Waals surface area contributed by atoms with E-state index in [0.29, 0.717) is 56.9 Å². The minimum absolute atomic E-state index is 0.0223. The highest BCUT2D eigenvalue weighted by atomic mass is 32.2. The molecule has 0 radical (unpaired) electrons. The number of hydrogen-bond donors (Lipinski definition) is 2. The summed E-state index contributed by atoms with van der Waals surface area (Å²) in [5.74, 6) is 1.39. The van der Waals surface area contributed by atoms with Crippen LogP contribution >= 0.6 is 0 Å². The van der Waals surface area contributed by atoms with Gasteiger partial charge in [0.25, 0.3) is 5.91 Å². The Morgan fingerprint density at radius 2 is 1.97 bits per heavy atom. The SMILES string of the molecule is CCNC(=NCCS(=O)(=O)NCC1CCC1)N1CCN(C(=O)c2ccco2)CC1. The van der Waals surface area contributed by atoms with Gasteiger partial charge >= 0.3 is 0 Å². The molecule has 162 valence electrons. The first-order valence-corrected chi connectivity index (χ1v) is 12.0. The van der Waals surface area contributed by atoms with Crippen LogP contribution in [0.5, 0.6) is 0 Å². The number of carbonyl (C=O) groups excluding carboxylic acids is 1. The van der Waals surface area contributed by atoms with E-state index in [0.717, 1.165) is 12.8 Å². The third kappa shape index (κ3) is 6.20. The van der Waals surface area contributed by atoms with Crippen LogP contribution in [0.4, 0.5) is 0 Å². The van der Waals surface area contributed by atoms with Crippen LogP contribution in [-0.2, 0) is 10.0 Å². The van der Waals surface area contributed by atoms with Crippen LogP contribution in [0.1, 0.15) is 36.7 Å². The van der Waals surface area contributed by atoms with Gasteiger partial charge in [0.05, 0.1) is 18.6 Å². The highest BCUT2D eigenvalue weighted by molar-refractivity contribution is 7.89. The molecule has 0 atom stereocenters. The number of carbonyl (C=O) groups is 1. The monoisotopic (exact) mass is 425 g/mol. The first-order valence-electron chi connectivity index (χ1n) is 10.3. The Labute approximate surface area is 172 Å². The summed E-state index contributed by atoms with van der Waals surface area (Å²) in [4.78, 5) is 20.7. The largest absolute Gasteiger partial charge is 0.459 e. The number of nitrogens with zero attached hydrogens (tertiary/aromatic N) is 3. The van der Waals surface area contributed by atoms with E-state index in [2.05, 4.69) is 19.9 Å². The van der Waals surface area contributed by atoms with Gasteiger partial charge in [-0.2, -0.15) is 0 Å². The molecule has 1 saturated heterocycles. The second-order valence-corrected chi connectivity index (χ2v) is 9.38. The zero-order valence-corrected chi connectivity index (χ0v) is 17.8. The van der Waals surface area contributed by atoms with Gasteiger partial charge in [-0.1, -0.05) is 6.42 Å². The number of amides is 1. The molecule has 1 aliphatic heterocycles. The third-order valence-electron chi connectivity index (χ3n) is 5.37. The number of rotatable bonds is 8. The van der Waals surface area contributed by atoms with Crippen LogP contribution in [0, 0.1) is 5.92 Å².